The van der Waals surface area contributed by atoms with E-state index in [1.165, 1.54) is 25.4 Å². The van der Waals surface area contributed by atoms with Gasteiger partial charge in [0.1, 0.15) is 29.0 Å². The van der Waals surface area contributed by atoms with Crippen LogP contribution in [0.4, 0.5) is 13.2 Å². The number of methoxy groups -OCH3 is 1. The molecule has 0 fully saturated rings. The fourth-order valence-corrected chi connectivity index (χ4v) is 4.42. The number of halogens is 3. The zero-order chi connectivity index (χ0) is 30.4. The van der Waals surface area contributed by atoms with Crippen molar-refractivity contribution in [1.29, 1.82) is 0 Å². The SMILES string of the molecule is COC(=O)[C@H](Cc1ccc(-c2ccccc2)cc1)NC(=O)c1cc2cc(Oc3ccc(OC(F)(F)F)cc3)ccc2cn1. The van der Waals surface area contributed by atoms with Crippen molar-refractivity contribution >= 4 is 22.6 Å². The van der Waals surface area contributed by atoms with Gasteiger partial charge in [0.15, 0.2) is 0 Å². The first kappa shape index (κ1) is 29.1. The molecule has 1 atom stereocenters. The Bertz CT molecular complexity index is 1720. The third kappa shape index (κ3) is 7.68. The number of nitrogens with zero attached hydrogens (tertiary/aromatic N) is 1. The van der Waals surface area contributed by atoms with E-state index in [4.69, 9.17) is 9.47 Å². The van der Waals surface area contributed by atoms with Gasteiger partial charge in [0.2, 0.25) is 0 Å². The summed E-state index contributed by atoms with van der Waals surface area (Å²) < 4.78 is 51.8. The molecule has 218 valence electrons. The number of fused-ring (bicyclic) bond motifs is 1. The fourth-order valence-electron chi connectivity index (χ4n) is 4.42. The third-order valence-electron chi connectivity index (χ3n) is 6.51. The molecule has 0 radical (unpaired) electrons. The van der Waals surface area contributed by atoms with Gasteiger partial charge in [0.25, 0.3) is 5.91 Å². The molecule has 1 aromatic heterocycles. The second-order valence-electron chi connectivity index (χ2n) is 9.52. The second kappa shape index (κ2) is 12.6. The number of hydrogen-bond donors (Lipinski definition) is 1. The van der Waals surface area contributed by atoms with Crippen LogP contribution in [-0.4, -0.2) is 36.4 Å². The maximum absolute atomic E-state index is 13.2. The van der Waals surface area contributed by atoms with Crippen LogP contribution in [0.15, 0.2) is 109 Å². The molecule has 10 heteroatoms. The summed E-state index contributed by atoms with van der Waals surface area (Å²) in [7, 11) is 1.26. The van der Waals surface area contributed by atoms with Gasteiger partial charge in [0.05, 0.1) is 7.11 Å². The number of hydrogen-bond acceptors (Lipinski definition) is 6. The molecule has 0 saturated heterocycles. The third-order valence-corrected chi connectivity index (χ3v) is 6.51. The minimum Gasteiger partial charge on any atom is -0.467 e. The molecule has 1 heterocycles. The van der Waals surface area contributed by atoms with Gasteiger partial charge < -0.3 is 19.5 Å². The Hall–Kier alpha value is -5.38. The van der Waals surface area contributed by atoms with E-state index in [-0.39, 0.29) is 17.9 Å². The quantitative estimate of drug-likeness (QED) is 0.185. The number of ether oxygens (including phenoxy) is 3. The first-order valence-corrected chi connectivity index (χ1v) is 13.1. The zero-order valence-electron chi connectivity index (χ0n) is 22.8. The summed E-state index contributed by atoms with van der Waals surface area (Å²) in [6, 6.07) is 28.2. The highest BCUT2D eigenvalue weighted by atomic mass is 19.4. The van der Waals surface area contributed by atoms with E-state index >= 15 is 0 Å². The molecule has 43 heavy (non-hydrogen) atoms. The molecule has 0 aliphatic carbocycles. The number of esters is 1. The van der Waals surface area contributed by atoms with Crippen molar-refractivity contribution in [2.75, 3.05) is 7.11 Å². The Morgan fingerprint density at radius 3 is 2.12 bits per heavy atom. The number of benzene rings is 4. The lowest BCUT2D eigenvalue weighted by Gasteiger charge is -2.17. The van der Waals surface area contributed by atoms with Crippen LogP contribution in [0.1, 0.15) is 16.1 Å². The number of pyridine rings is 1. The highest BCUT2D eigenvalue weighted by Crippen LogP contribution is 2.29. The summed E-state index contributed by atoms with van der Waals surface area (Å²) in [6.45, 7) is 0. The molecule has 0 unspecified atom stereocenters. The summed E-state index contributed by atoms with van der Waals surface area (Å²) in [5, 5.41) is 4.07. The number of carbonyl (C=O) groups is 2. The smallest absolute Gasteiger partial charge is 0.467 e. The molecule has 0 bridgehead atoms. The molecular weight excluding hydrogens is 561 g/mol. The molecule has 0 aliphatic heterocycles. The molecule has 5 rings (SSSR count). The molecule has 0 spiro atoms. The monoisotopic (exact) mass is 586 g/mol. The Morgan fingerprint density at radius 1 is 0.791 bits per heavy atom. The molecule has 1 N–H and O–H groups in total. The summed E-state index contributed by atoms with van der Waals surface area (Å²) in [5.41, 5.74) is 3.00. The van der Waals surface area contributed by atoms with Gasteiger partial charge >= 0.3 is 12.3 Å². The average molecular weight is 587 g/mol. The van der Waals surface area contributed by atoms with Gasteiger partial charge in [0, 0.05) is 18.0 Å². The predicted octanol–water partition coefficient (Wildman–Crippen LogP) is 7.11. The van der Waals surface area contributed by atoms with Crippen molar-refractivity contribution in [1.82, 2.24) is 10.3 Å². The number of nitrogens with one attached hydrogen (secondary N) is 1. The largest absolute Gasteiger partial charge is 0.573 e. The van der Waals surface area contributed by atoms with E-state index < -0.39 is 24.3 Å². The minimum absolute atomic E-state index is 0.0756. The van der Waals surface area contributed by atoms with Crippen LogP contribution < -0.4 is 14.8 Å². The Labute approximate surface area is 244 Å². The molecule has 0 saturated carbocycles. The molecule has 4 aromatic carbocycles. The van der Waals surface area contributed by atoms with E-state index in [0.717, 1.165) is 34.2 Å². The van der Waals surface area contributed by atoms with Crippen LogP contribution in [0.3, 0.4) is 0 Å². The average Bonchev–Trinajstić information content (AvgIpc) is 3.01. The van der Waals surface area contributed by atoms with Crippen LogP contribution in [0.2, 0.25) is 0 Å². The van der Waals surface area contributed by atoms with Gasteiger partial charge in [-0.2, -0.15) is 0 Å². The second-order valence-corrected chi connectivity index (χ2v) is 9.52. The van der Waals surface area contributed by atoms with Crippen molar-refractivity contribution in [3.8, 4) is 28.4 Å². The Kier molecular flexibility index (Phi) is 8.56. The van der Waals surface area contributed by atoms with E-state index in [0.29, 0.717) is 16.9 Å². The van der Waals surface area contributed by atoms with Gasteiger partial charge in [-0.15, -0.1) is 13.2 Å². The Balaban J connectivity index is 1.28. The van der Waals surface area contributed by atoms with Crippen LogP contribution >= 0.6 is 0 Å². The normalized spacial score (nSPS) is 11.9. The predicted molar refractivity (Wildman–Crippen MR) is 154 cm³/mol. The van der Waals surface area contributed by atoms with Crippen LogP contribution in [0, 0.1) is 0 Å². The van der Waals surface area contributed by atoms with Crippen molar-refractivity contribution < 1.29 is 37.0 Å². The van der Waals surface area contributed by atoms with E-state index in [2.05, 4.69) is 15.0 Å². The highest BCUT2D eigenvalue weighted by Gasteiger charge is 2.31. The summed E-state index contributed by atoms with van der Waals surface area (Å²) in [5.74, 6) is -0.845. The van der Waals surface area contributed by atoms with Gasteiger partial charge in [-0.25, -0.2) is 4.79 Å². The van der Waals surface area contributed by atoms with Crippen LogP contribution in [0.5, 0.6) is 17.2 Å². The topological polar surface area (TPSA) is 86.8 Å². The fraction of sp³-hybridized carbons (Fsp3) is 0.121. The summed E-state index contributed by atoms with van der Waals surface area (Å²) >= 11 is 0. The van der Waals surface area contributed by atoms with Crippen molar-refractivity contribution in [2.24, 2.45) is 0 Å². The molecule has 7 nitrogen and oxygen atoms in total. The number of aromatic nitrogens is 1. The van der Waals surface area contributed by atoms with Crippen molar-refractivity contribution in [3.05, 3.63) is 121 Å². The van der Waals surface area contributed by atoms with Crippen molar-refractivity contribution in [3.63, 3.8) is 0 Å². The Morgan fingerprint density at radius 2 is 1.44 bits per heavy atom. The number of carbonyl (C=O) groups excluding carboxylic acids is 2. The lowest BCUT2D eigenvalue weighted by Crippen LogP contribution is -2.43. The first-order chi connectivity index (χ1) is 20.7. The van der Waals surface area contributed by atoms with Gasteiger partial charge in [-0.05, 0) is 70.6 Å². The number of rotatable bonds is 9. The zero-order valence-corrected chi connectivity index (χ0v) is 22.8. The van der Waals surface area contributed by atoms with E-state index in [9.17, 15) is 22.8 Å². The molecule has 1 amide bonds. The molecule has 0 aliphatic rings. The maximum Gasteiger partial charge on any atom is 0.573 e. The lowest BCUT2D eigenvalue weighted by atomic mass is 10.0. The van der Waals surface area contributed by atoms with E-state index in [1.807, 2.05) is 54.6 Å². The van der Waals surface area contributed by atoms with Gasteiger partial charge in [-0.1, -0.05) is 54.6 Å². The minimum atomic E-state index is -4.79. The first-order valence-electron chi connectivity index (χ1n) is 13.1. The van der Waals surface area contributed by atoms with E-state index in [1.54, 1.807) is 24.3 Å². The maximum atomic E-state index is 13.2. The van der Waals surface area contributed by atoms with Crippen LogP contribution in [-0.2, 0) is 16.0 Å². The van der Waals surface area contributed by atoms with Crippen LogP contribution in [0.25, 0.3) is 21.9 Å². The highest BCUT2D eigenvalue weighted by molar-refractivity contribution is 5.98. The lowest BCUT2D eigenvalue weighted by molar-refractivity contribution is -0.274. The van der Waals surface area contributed by atoms with Crippen molar-refractivity contribution in [2.45, 2.75) is 18.8 Å². The summed E-state index contributed by atoms with van der Waals surface area (Å²) in [6.07, 6.45) is -3.05. The molecular formula is C33H25F3N2O5. The van der Waals surface area contributed by atoms with Gasteiger partial charge in [-0.3, -0.25) is 9.78 Å². The number of alkyl halides is 3. The standard InChI is InChI=1S/C33H25F3N2O5/c1-41-32(40)30(17-21-7-9-23(10-8-21)22-5-3-2-4-6-22)38-31(39)29-19-25-18-28(12-11-24(25)20-37-29)42-26-13-15-27(16-14-26)43-33(34,35)36/h2-16,18-20,30H,17H2,1H3,(H,38,39)/t30-/m0/s1. The summed E-state index contributed by atoms with van der Waals surface area (Å²) in [4.78, 5) is 29.9. The molecule has 5 aromatic rings. The number of amides is 1.